The first-order chi connectivity index (χ1) is 7.74. The molecule has 0 aromatic heterocycles. The minimum absolute atomic E-state index is 0.0536. The summed E-state index contributed by atoms with van der Waals surface area (Å²) in [5.41, 5.74) is 0.886. The Kier molecular flexibility index (Phi) is 2.76. The summed E-state index contributed by atoms with van der Waals surface area (Å²) in [6.45, 7) is 1.06. The highest BCUT2D eigenvalue weighted by Gasteiger charge is 2.40. The van der Waals surface area contributed by atoms with Gasteiger partial charge in [-0.2, -0.15) is 0 Å². The van der Waals surface area contributed by atoms with E-state index in [-0.39, 0.29) is 5.82 Å². The highest BCUT2D eigenvalue weighted by Crippen LogP contribution is 2.48. The van der Waals surface area contributed by atoms with Crippen molar-refractivity contribution in [3.63, 3.8) is 0 Å². The lowest BCUT2D eigenvalue weighted by molar-refractivity contribution is 0.591. The van der Waals surface area contributed by atoms with Crippen LogP contribution in [-0.4, -0.2) is 12.6 Å². The third-order valence-electron chi connectivity index (χ3n) is 3.53. The van der Waals surface area contributed by atoms with Gasteiger partial charge in [-0.1, -0.05) is 15.9 Å². The topological polar surface area (TPSA) is 12.0 Å². The van der Waals surface area contributed by atoms with E-state index in [0.29, 0.717) is 11.8 Å². The molecule has 2 fully saturated rings. The van der Waals surface area contributed by atoms with Gasteiger partial charge in [-0.3, -0.25) is 0 Å². The van der Waals surface area contributed by atoms with Gasteiger partial charge in [0, 0.05) is 10.5 Å². The van der Waals surface area contributed by atoms with Gasteiger partial charge in [-0.25, -0.2) is 4.39 Å². The zero-order valence-corrected chi connectivity index (χ0v) is 10.6. The van der Waals surface area contributed by atoms with Crippen molar-refractivity contribution in [3.05, 3.63) is 34.1 Å². The molecular formula is C13H15BrFN. The van der Waals surface area contributed by atoms with Crippen LogP contribution in [0.5, 0.6) is 0 Å². The van der Waals surface area contributed by atoms with Crippen molar-refractivity contribution in [2.75, 3.05) is 6.54 Å². The first kappa shape index (κ1) is 10.7. The van der Waals surface area contributed by atoms with Crippen LogP contribution in [-0.2, 0) is 0 Å². The van der Waals surface area contributed by atoms with Crippen LogP contribution >= 0.6 is 15.9 Å². The summed E-state index contributed by atoms with van der Waals surface area (Å²) in [5.74, 6) is 1.02. The number of rotatable bonds is 4. The van der Waals surface area contributed by atoms with Gasteiger partial charge in [0.15, 0.2) is 0 Å². The molecule has 86 valence electrons. The fourth-order valence-corrected chi connectivity index (χ4v) is 2.64. The Hall–Kier alpha value is -0.410. The summed E-state index contributed by atoms with van der Waals surface area (Å²) in [6, 6.07) is 6.01. The Morgan fingerprint density at radius 3 is 2.94 bits per heavy atom. The Bertz CT molecular complexity index is 403. The van der Waals surface area contributed by atoms with Gasteiger partial charge in [-0.15, -0.1) is 0 Å². The van der Waals surface area contributed by atoms with E-state index in [9.17, 15) is 4.39 Å². The van der Waals surface area contributed by atoms with E-state index in [1.807, 2.05) is 6.07 Å². The summed E-state index contributed by atoms with van der Waals surface area (Å²) in [5, 5.41) is 3.52. The van der Waals surface area contributed by atoms with Crippen LogP contribution in [0, 0.1) is 11.7 Å². The Morgan fingerprint density at radius 1 is 1.38 bits per heavy atom. The molecule has 2 unspecified atom stereocenters. The van der Waals surface area contributed by atoms with Crippen molar-refractivity contribution in [1.29, 1.82) is 0 Å². The van der Waals surface area contributed by atoms with Crippen LogP contribution in [0.4, 0.5) is 4.39 Å². The maximum absolute atomic E-state index is 13.6. The molecule has 2 aliphatic rings. The molecule has 3 rings (SSSR count). The lowest BCUT2D eigenvalue weighted by Gasteiger charge is -2.04. The molecule has 2 saturated carbocycles. The third-order valence-corrected chi connectivity index (χ3v) is 4.02. The molecule has 3 heteroatoms. The fourth-order valence-electron chi connectivity index (χ4n) is 2.26. The maximum Gasteiger partial charge on any atom is 0.126 e. The second-order valence-electron chi connectivity index (χ2n) is 4.95. The SMILES string of the molecule is Fc1ccc(Br)cc1C1CC1CNC1CC1. The molecule has 16 heavy (non-hydrogen) atoms. The van der Waals surface area contributed by atoms with E-state index in [0.717, 1.165) is 29.0 Å². The lowest BCUT2D eigenvalue weighted by atomic mass is 10.1. The molecule has 1 nitrogen and oxygen atoms in total. The second-order valence-corrected chi connectivity index (χ2v) is 5.87. The largest absolute Gasteiger partial charge is 0.314 e. The van der Waals surface area contributed by atoms with Crippen LogP contribution in [0.15, 0.2) is 22.7 Å². The normalized spacial score (nSPS) is 28.1. The van der Waals surface area contributed by atoms with E-state index in [4.69, 9.17) is 0 Å². The first-order valence-corrected chi connectivity index (χ1v) is 6.71. The molecule has 0 spiro atoms. The van der Waals surface area contributed by atoms with Crippen LogP contribution in [0.25, 0.3) is 0 Å². The Morgan fingerprint density at radius 2 is 2.19 bits per heavy atom. The minimum atomic E-state index is -0.0536. The molecule has 0 saturated heterocycles. The Balaban J connectivity index is 1.62. The van der Waals surface area contributed by atoms with Gasteiger partial charge in [0.25, 0.3) is 0 Å². The fraction of sp³-hybridized carbons (Fsp3) is 0.538. The van der Waals surface area contributed by atoms with Crippen molar-refractivity contribution in [3.8, 4) is 0 Å². The summed E-state index contributed by atoms with van der Waals surface area (Å²) < 4.78 is 14.6. The van der Waals surface area contributed by atoms with E-state index >= 15 is 0 Å². The summed E-state index contributed by atoms with van der Waals surface area (Å²) in [6.07, 6.45) is 3.78. The summed E-state index contributed by atoms with van der Waals surface area (Å²) in [7, 11) is 0. The van der Waals surface area contributed by atoms with Gasteiger partial charge >= 0.3 is 0 Å². The van der Waals surface area contributed by atoms with Crippen LogP contribution in [0.3, 0.4) is 0 Å². The van der Waals surface area contributed by atoms with Gasteiger partial charge in [-0.05, 0) is 61.4 Å². The molecular weight excluding hydrogens is 269 g/mol. The molecule has 1 aromatic carbocycles. The molecule has 0 aliphatic heterocycles. The molecule has 0 heterocycles. The van der Waals surface area contributed by atoms with Crippen LogP contribution < -0.4 is 5.32 Å². The highest BCUT2D eigenvalue weighted by atomic mass is 79.9. The van der Waals surface area contributed by atoms with E-state index in [1.165, 1.54) is 12.8 Å². The van der Waals surface area contributed by atoms with Crippen molar-refractivity contribution >= 4 is 15.9 Å². The summed E-state index contributed by atoms with van der Waals surface area (Å²) in [4.78, 5) is 0. The molecule has 0 bridgehead atoms. The number of hydrogen-bond donors (Lipinski definition) is 1. The Labute approximate surface area is 104 Å². The van der Waals surface area contributed by atoms with Crippen molar-refractivity contribution in [2.45, 2.75) is 31.2 Å². The van der Waals surface area contributed by atoms with Crippen molar-refractivity contribution in [1.82, 2.24) is 5.32 Å². The van der Waals surface area contributed by atoms with Gasteiger partial charge in [0.2, 0.25) is 0 Å². The smallest absolute Gasteiger partial charge is 0.126 e. The standard InChI is InChI=1S/C13H15BrFN/c14-9-1-4-13(15)12(6-9)11-5-8(11)7-16-10-2-3-10/h1,4,6,8,10-11,16H,2-3,5,7H2. The summed E-state index contributed by atoms with van der Waals surface area (Å²) >= 11 is 3.40. The second kappa shape index (κ2) is 4.11. The van der Waals surface area contributed by atoms with Gasteiger partial charge < -0.3 is 5.32 Å². The third kappa shape index (κ3) is 2.30. The van der Waals surface area contributed by atoms with Gasteiger partial charge in [0.1, 0.15) is 5.82 Å². The average molecular weight is 284 g/mol. The van der Waals surface area contributed by atoms with Crippen molar-refractivity contribution < 1.29 is 4.39 Å². The zero-order valence-electron chi connectivity index (χ0n) is 9.05. The monoisotopic (exact) mass is 283 g/mol. The zero-order chi connectivity index (χ0) is 11.1. The van der Waals surface area contributed by atoms with Crippen molar-refractivity contribution in [2.24, 2.45) is 5.92 Å². The van der Waals surface area contributed by atoms with E-state index in [1.54, 1.807) is 12.1 Å². The van der Waals surface area contributed by atoms with Crippen LogP contribution in [0.2, 0.25) is 0 Å². The molecule has 1 N–H and O–H groups in total. The molecule has 0 radical (unpaired) electrons. The predicted octanol–water partition coefficient (Wildman–Crippen LogP) is 3.44. The number of benzene rings is 1. The first-order valence-electron chi connectivity index (χ1n) is 5.92. The van der Waals surface area contributed by atoms with E-state index < -0.39 is 0 Å². The van der Waals surface area contributed by atoms with E-state index in [2.05, 4.69) is 21.2 Å². The molecule has 1 aromatic rings. The predicted molar refractivity (Wildman–Crippen MR) is 66.0 cm³/mol. The molecule has 2 atom stereocenters. The quantitative estimate of drug-likeness (QED) is 0.893. The van der Waals surface area contributed by atoms with Crippen LogP contribution in [0.1, 0.15) is 30.7 Å². The number of hydrogen-bond acceptors (Lipinski definition) is 1. The average Bonchev–Trinajstić information content (AvgIpc) is 3.13. The highest BCUT2D eigenvalue weighted by molar-refractivity contribution is 9.10. The molecule has 2 aliphatic carbocycles. The van der Waals surface area contributed by atoms with Gasteiger partial charge in [0.05, 0.1) is 0 Å². The maximum atomic E-state index is 13.6. The molecule has 0 amide bonds. The number of halogens is 2. The minimum Gasteiger partial charge on any atom is -0.314 e. The number of nitrogens with one attached hydrogen (secondary N) is 1. The lowest BCUT2D eigenvalue weighted by Crippen LogP contribution is -2.19.